The number of hydrogen-bond acceptors (Lipinski definition) is 7. The molecule has 0 aliphatic carbocycles. The SMILES string of the molecule is CSC(C)(C)CNc1ncnc(N)c1[N+](=O)[O-]. The molecule has 17 heavy (non-hydrogen) atoms. The molecular weight excluding hydrogens is 242 g/mol. The summed E-state index contributed by atoms with van der Waals surface area (Å²) in [4.78, 5) is 17.7. The van der Waals surface area contributed by atoms with Gasteiger partial charge in [0.2, 0.25) is 11.6 Å². The molecule has 0 fully saturated rings. The molecular formula is C9H15N5O2S. The summed E-state index contributed by atoms with van der Waals surface area (Å²) in [6, 6.07) is 0. The molecule has 8 heteroatoms. The van der Waals surface area contributed by atoms with Gasteiger partial charge in [0.15, 0.2) is 0 Å². The van der Waals surface area contributed by atoms with Crippen LogP contribution in [-0.4, -0.2) is 32.4 Å². The Labute approximate surface area is 103 Å². The second-order valence-corrected chi connectivity index (χ2v) is 5.54. The van der Waals surface area contributed by atoms with Crippen molar-refractivity contribution >= 4 is 29.1 Å². The Morgan fingerprint density at radius 2 is 2.24 bits per heavy atom. The molecule has 0 atom stereocenters. The lowest BCUT2D eigenvalue weighted by Gasteiger charge is -2.22. The van der Waals surface area contributed by atoms with Crippen molar-refractivity contribution in [2.75, 3.05) is 23.9 Å². The molecule has 0 amide bonds. The third kappa shape index (κ3) is 3.45. The summed E-state index contributed by atoms with van der Waals surface area (Å²) in [6.45, 7) is 4.60. The molecule has 0 aromatic carbocycles. The lowest BCUT2D eigenvalue weighted by molar-refractivity contribution is -0.383. The van der Waals surface area contributed by atoms with Gasteiger partial charge in [0, 0.05) is 11.3 Å². The van der Waals surface area contributed by atoms with Gasteiger partial charge in [-0.05, 0) is 20.1 Å². The molecule has 7 nitrogen and oxygen atoms in total. The van der Waals surface area contributed by atoms with E-state index in [1.165, 1.54) is 6.33 Å². The molecule has 1 aromatic rings. The van der Waals surface area contributed by atoms with Crippen molar-refractivity contribution in [2.45, 2.75) is 18.6 Å². The summed E-state index contributed by atoms with van der Waals surface area (Å²) in [5.41, 5.74) is 5.18. The molecule has 1 rings (SSSR count). The zero-order valence-corrected chi connectivity index (χ0v) is 10.7. The van der Waals surface area contributed by atoms with Gasteiger partial charge in [-0.2, -0.15) is 11.8 Å². The summed E-state index contributed by atoms with van der Waals surface area (Å²) in [7, 11) is 0. The zero-order chi connectivity index (χ0) is 13.1. The molecule has 0 aliphatic rings. The van der Waals surface area contributed by atoms with Gasteiger partial charge in [-0.25, -0.2) is 9.97 Å². The van der Waals surface area contributed by atoms with Gasteiger partial charge in [-0.1, -0.05) is 0 Å². The van der Waals surface area contributed by atoms with Gasteiger partial charge in [-0.15, -0.1) is 0 Å². The number of nitrogens with one attached hydrogen (secondary N) is 1. The predicted molar refractivity (Wildman–Crippen MR) is 69.2 cm³/mol. The van der Waals surface area contributed by atoms with Crippen molar-refractivity contribution in [3.63, 3.8) is 0 Å². The van der Waals surface area contributed by atoms with Crippen molar-refractivity contribution in [3.8, 4) is 0 Å². The van der Waals surface area contributed by atoms with E-state index in [9.17, 15) is 10.1 Å². The first-order valence-electron chi connectivity index (χ1n) is 4.91. The number of nitrogens with zero attached hydrogens (tertiary/aromatic N) is 3. The number of rotatable bonds is 5. The Hall–Kier alpha value is -1.57. The first-order valence-corrected chi connectivity index (χ1v) is 6.14. The Morgan fingerprint density at radius 1 is 1.59 bits per heavy atom. The van der Waals surface area contributed by atoms with Crippen LogP contribution in [0.15, 0.2) is 6.33 Å². The minimum atomic E-state index is -0.580. The molecule has 0 radical (unpaired) electrons. The van der Waals surface area contributed by atoms with Crippen molar-refractivity contribution < 1.29 is 4.92 Å². The predicted octanol–water partition coefficient (Wildman–Crippen LogP) is 1.52. The standard InChI is InChI=1S/C9H15N5O2S/c1-9(2,17-3)4-11-8-6(14(15)16)7(10)12-5-13-8/h5H,4H2,1-3H3,(H3,10,11,12,13). The van der Waals surface area contributed by atoms with Crippen molar-refractivity contribution in [1.82, 2.24) is 9.97 Å². The molecule has 0 bridgehead atoms. The molecule has 1 aromatic heterocycles. The quantitative estimate of drug-likeness (QED) is 0.608. The average molecular weight is 257 g/mol. The second-order valence-electron chi connectivity index (χ2n) is 4.03. The number of nitrogen functional groups attached to an aromatic ring is 1. The van der Waals surface area contributed by atoms with E-state index in [0.717, 1.165) is 0 Å². The highest BCUT2D eigenvalue weighted by molar-refractivity contribution is 7.99. The van der Waals surface area contributed by atoms with Gasteiger partial charge < -0.3 is 11.1 Å². The van der Waals surface area contributed by atoms with Crippen molar-refractivity contribution in [1.29, 1.82) is 0 Å². The molecule has 0 saturated heterocycles. The third-order valence-electron chi connectivity index (χ3n) is 2.27. The third-order valence-corrected chi connectivity index (χ3v) is 3.52. The van der Waals surface area contributed by atoms with Crippen LogP contribution in [0.1, 0.15) is 13.8 Å². The average Bonchev–Trinajstić information content (AvgIpc) is 2.26. The molecule has 0 aliphatic heterocycles. The van der Waals surface area contributed by atoms with Crippen molar-refractivity contribution in [2.24, 2.45) is 0 Å². The number of aromatic nitrogens is 2. The smallest absolute Gasteiger partial charge is 0.352 e. The maximum atomic E-state index is 10.8. The summed E-state index contributed by atoms with van der Waals surface area (Å²) < 4.78 is -0.0480. The van der Waals surface area contributed by atoms with E-state index < -0.39 is 4.92 Å². The van der Waals surface area contributed by atoms with Crippen LogP contribution in [0, 0.1) is 10.1 Å². The van der Waals surface area contributed by atoms with Crippen LogP contribution >= 0.6 is 11.8 Å². The number of hydrogen-bond donors (Lipinski definition) is 2. The zero-order valence-electron chi connectivity index (χ0n) is 9.93. The largest absolute Gasteiger partial charge is 0.378 e. The van der Waals surface area contributed by atoms with E-state index in [-0.39, 0.29) is 22.1 Å². The Kier molecular flexibility index (Phi) is 4.11. The van der Waals surface area contributed by atoms with E-state index in [1.54, 1.807) is 11.8 Å². The minimum Gasteiger partial charge on any atom is -0.378 e. The van der Waals surface area contributed by atoms with Crippen LogP contribution in [0.25, 0.3) is 0 Å². The lowest BCUT2D eigenvalue weighted by Crippen LogP contribution is -2.26. The number of anilines is 2. The first kappa shape index (κ1) is 13.5. The summed E-state index contributed by atoms with van der Waals surface area (Å²) >= 11 is 1.66. The molecule has 0 saturated carbocycles. The number of nitrogens with two attached hydrogens (primary N) is 1. The fourth-order valence-electron chi connectivity index (χ4n) is 1.07. The van der Waals surface area contributed by atoms with Gasteiger partial charge >= 0.3 is 5.69 Å². The molecule has 3 N–H and O–H groups in total. The van der Waals surface area contributed by atoms with Crippen LogP contribution in [0.3, 0.4) is 0 Å². The van der Waals surface area contributed by atoms with Gasteiger partial charge in [0.25, 0.3) is 0 Å². The van der Waals surface area contributed by atoms with Crippen LogP contribution in [0.2, 0.25) is 0 Å². The normalized spacial score (nSPS) is 11.2. The van der Waals surface area contributed by atoms with Gasteiger partial charge in [0.1, 0.15) is 6.33 Å². The molecule has 94 valence electrons. The van der Waals surface area contributed by atoms with Crippen LogP contribution in [0.5, 0.6) is 0 Å². The Bertz CT molecular complexity index is 424. The maximum absolute atomic E-state index is 10.8. The Morgan fingerprint density at radius 3 is 2.76 bits per heavy atom. The first-order chi connectivity index (χ1) is 7.87. The summed E-state index contributed by atoms with van der Waals surface area (Å²) in [6.07, 6.45) is 3.18. The van der Waals surface area contributed by atoms with Gasteiger partial charge in [-0.3, -0.25) is 10.1 Å². The van der Waals surface area contributed by atoms with E-state index in [1.807, 2.05) is 20.1 Å². The molecule has 0 spiro atoms. The maximum Gasteiger partial charge on any atom is 0.352 e. The minimum absolute atomic E-state index is 0.0480. The van der Waals surface area contributed by atoms with Crippen LogP contribution < -0.4 is 11.1 Å². The monoisotopic (exact) mass is 257 g/mol. The highest BCUT2D eigenvalue weighted by atomic mass is 32.2. The van der Waals surface area contributed by atoms with Crippen LogP contribution in [-0.2, 0) is 0 Å². The van der Waals surface area contributed by atoms with E-state index in [0.29, 0.717) is 6.54 Å². The van der Waals surface area contributed by atoms with Gasteiger partial charge in [0.05, 0.1) is 4.92 Å². The fourth-order valence-corrected chi connectivity index (χ4v) is 1.29. The van der Waals surface area contributed by atoms with Crippen molar-refractivity contribution in [3.05, 3.63) is 16.4 Å². The fraction of sp³-hybridized carbons (Fsp3) is 0.556. The number of nitro groups is 1. The highest BCUT2D eigenvalue weighted by Gasteiger charge is 2.23. The van der Waals surface area contributed by atoms with E-state index in [4.69, 9.17) is 5.73 Å². The topological polar surface area (TPSA) is 107 Å². The lowest BCUT2D eigenvalue weighted by atomic mass is 10.2. The highest BCUT2D eigenvalue weighted by Crippen LogP contribution is 2.28. The molecule has 1 heterocycles. The van der Waals surface area contributed by atoms with E-state index >= 15 is 0 Å². The number of thioether (sulfide) groups is 1. The molecule has 0 unspecified atom stereocenters. The summed E-state index contributed by atoms with van der Waals surface area (Å²) in [5.74, 6) is 0.0269. The Balaban J connectivity index is 2.92. The van der Waals surface area contributed by atoms with Crippen LogP contribution in [0.4, 0.5) is 17.3 Å². The summed E-state index contributed by atoms with van der Waals surface area (Å²) in [5, 5.41) is 13.8. The van der Waals surface area contributed by atoms with E-state index in [2.05, 4.69) is 15.3 Å². The second kappa shape index (κ2) is 5.17.